The molecule has 4 heteroatoms. The minimum Gasteiger partial charge on any atom is -0.539 e. The second-order valence-corrected chi connectivity index (χ2v) is 3.86. The number of hydrogen-bond acceptors (Lipinski definition) is 2. The molecule has 3 nitrogen and oxygen atoms in total. The van der Waals surface area contributed by atoms with Gasteiger partial charge in [-0.2, -0.15) is 0 Å². The topological polar surface area (TPSA) is 57.5 Å². The van der Waals surface area contributed by atoms with Gasteiger partial charge < -0.3 is 14.4 Å². The molecular weight excluding hydrogens is 172 g/mol. The van der Waals surface area contributed by atoms with Gasteiger partial charge in [-0.3, -0.25) is 0 Å². The van der Waals surface area contributed by atoms with E-state index in [0.717, 1.165) is 0 Å². The van der Waals surface area contributed by atoms with Gasteiger partial charge in [0.25, 0.3) is 0 Å². The summed E-state index contributed by atoms with van der Waals surface area (Å²) in [4.78, 5) is 8.85. The molecule has 12 heavy (non-hydrogen) atoms. The van der Waals surface area contributed by atoms with Crippen molar-refractivity contribution < 1.29 is 14.4 Å². The fourth-order valence-electron chi connectivity index (χ4n) is 1.01. The molecule has 0 saturated heterocycles. The van der Waals surface area contributed by atoms with Gasteiger partial charge in [0.1, 0.15) is 0 Å². The number of hydrogen-bond donors (Lipinski definition) is 2. The second kappa shape index (κ2) is 4.13. The third kappa shape index (κ3) is 1.99. The molecule has 1 aromatic rings. The first-order valence-corrected chi connectivity index (χ1v) is 5.07. The Kier molecular flexibility index (Phi) is 3.13. The standard InChI is InChI=1S/C8H10O3Si/c9-6-8(12(10)11)7-4-2-1-3-5-7/h1-5,8-10H,6H2. The van der Waals surface area contributed by atoms with Crippen molar-refractivity contribution in [1.82, 2.24) is 0 Å². The molecule has 0 saturated carbocycles. The minimum absolute atomic E-state index is 0.279. The summed E-state index contributed by atoms with van der Waals surface area (Å²) in [5.41, 5.74) is 0.0996. The monoisotopic (exact) mass is 182 g/mol. The van der Waals surface area contributed by atoms with Crippen LogP contribution in [0.5, 0.6) is 0 Å². The van der Waals surface area contributed by atoms with E-state index in [1.807, 2.05) is 6.07 Å². The minimum atomic E-state index is -2.68. The summed E-state index contributed by atoms with van der Waals surface area (Å²) in [5, 5.41) is 8.82. The molecule has 0 amide bonds. The summed E-state index contributed by atoms with van der Waals surface area (Å²) in [6, 6.07) is 8.86. The van der Waals surface area contributed by atoms with Crippen molar-refractivity contribution in [2.75, 3.05) is 6.61 Å². The zero-order valence-corrected chi connectivity index (χ0v) is 7.47. The average Bonchev–Trinajstić information content (AvgIpc) is 2.07. The molecule has 0 aliphatic rings. The van der Waals surface area contributed by atoms with Gasteiger partial charge in [-0.15, -0.1) is 0 Å². The van der Waals surface area contributed by atoms with E-state index >= 15 is 0 Å². The molecule has 0 aliphatic heterocycles. The third-order valence-electron chi connectivity index (χ3n) is 1.68. The molecule has 0 aromatic heterocycles. The van der Waals surface area contributed by atoms with Crippen molar-refractivity contribution in [3.63, 3.8) is 0 Å². The molecule has 0 bridgehead atoms. The zero-order chi connectivity index (χ0) is 8.97. The van der Waals surface area contributed by atoms with Crippen LogP contribution in [0.4, 0.5) is 0 Å². The van der Waals surface area contributed by atoms with Gasteiger partial charge in [0, 0.05) is 0 Å². The molecule has 0 aliphatic carbocycles. The first-order chi connectivity index (χ1) is 5.75. The Bertz CT molecular complexity index is 260. The fourth-order valence-corrected chi connectivity index (χ4v) is 1.65. The van der Waals surface area contributed by atoms with Gasteiger partial charge in [0.2, 0.25) is 0 Å². The summed E-state index contributed by atoms with van der Waals surface area (Å²) < 4.78 is 10.8. The quantitative estimate of drug-likeness (QED) is 0.657. The van der Waals surface area contributed by atoms with Crippen LogP contribution in [-0.4, -0.2) is 25.4 Å². The summed E-state index contributed by atoms with van der Waals surface area (Å²) in [5.74, 6) is 0. The predicted molar refractivity (Wildman–Crippen MR) is 44.9 cm³/mol. The number of rotatable bonds is 3. The van der Waals surface area contributed by atoms with Crippen LogP contribution in [0.2, 0.25) is 0 Å². The summed E-state index contributed by atoms with van der Waals surface area (Å²) >= 11 is 0. The highest BCUT2D eigenvalue weighted by molar-refractivity contribution is 6.35. The van der Waals surface area contributed by atoms with Crippen molar-refractivity contribution >= 4 is 8.93 Å². The van der Waals surface area contributed by atoms with E-state index in [4.69, 9.17) is 9.90 Å². The average molecular weight is 182 g/mol. The van der Waals surface area contributed by atoms with E-state index in [1.54, 1.807) is 24.3 Å². The van der Waals surface area contributed by atoms with Gasteiger partial charge in [-0.05, 0) is 5.56 Å². The predicted octanol–water partition coefficient (Wildman–Crippen LogP) is 0.213. The van der Waals surface area contributed by atoms with Gasteiger partial charge in [-0.1, -0.05) is 30.3 Å². The van der Waals surface area contributed by atoms with E-state index in [2.05, 4.69) is 0 Å². The summed E-state index contributed by atoms with van der Waals surface area (Å²) in [7, 11) is -2.68. The van der Waals surface area contributed by atoms with Crippen LogP contribution in [0, 0.1) is 0 Å². The summed E-state index contributed by atoms with van der Waals surface area (Å²) in [6.07, 6.45) is 0. The molecule has 64 valence electrons. The molecule has 0 fully saturated rings. The van der Waals surface area contributed by atoms with Crippen LogP contribution in [0.25, 0.3) is 0 Å². The molecule has 1 rings (SSSR count). The molecule has 2 N–H and O–H groups in total. The lowest BCUT2D eigenvalue weighted by atomic mass is 10.1. The summed E-state index contributed by atoms with van der Waals surface area (Å²) in [6.45, 7) is -0.279. The van der Waals surface area contributed by atoms with Crippen molar-refractivity contribution in [2.24, 2.45) is 0 Å². The van der Waals surface area contributed by atoms with Crippen LogP contribution in [0.1, 0.15) is 11.1 Å². The maximum atomic E-state index is 10.8. The van der Waals surface area contributed by atoms with E-state index in [1.165, 1.54) is 0 Å². The van der Waals surface area contributed by atoms with Gasteiger partial charge in [0.05, 0.1) is 12.1 Å². The Balaban J connectivity index is 2.88. The van der Waals surface area contributed by atoms with E-state index in [-0.39, 0.29) is 6.61 Å². The lowest BCUT2D eigenvalue weighted by Crippen LogP contribution is -2.17. The second-order valence-electron chi connectivity index (χ2n) is 2.48. The van der Waals surface area contributed by atoms with Crippen LogP contribution in [0.15, 0.2) is 30.3 Å². The van der Waals surface area contributed by atoms with Crippen LogP contribution >= 0.6 is 0 Å². The van der Waals surface area contributed by atoms with Crippen molar-refractivity contribution in [1.29, 1.82) is 0 Å². The number of aliphatic hydroxyl groups excluding tert-OH is 1. The molecular formula is C8H10O3Si. The van der Waals surface area contributed by atoms with Crippen LogP contribution < -0.4 is 0 Å². The number of aliphatic hydroxyl groups is 1. The van der Waals surface area contributed by atoms with Crippen molar-refractivity contribution in [2.45, 2.75) is 5.54 Å². The Hall–Kier alpha value is -1.00. The van der Waals surface area contributed by atoms with Gasteiger partial charge in [-0.25, -0.2) is 0 Å². The third-order valence-corrected chi connectivity index (χ3v) is 2.79. The molecule has 1 atom stereocenters. The largest absolute Gasteiger partial charge is 0.539 e. The highest BCUT2D eigenvalue weighted by Gasteiger charge is 2.21. The Morgan fingerprint density at radius 3 is 2.33 bits per heavy atom. The zero-order valence-electron chi connectivity index (χ0n) is 6.47. The lowest BCUT2D eigenvalue weighted by Gasteiger charge is -2.06. The van der Waals surface area contributed by atoms with Gasteiger partial charge in [0.15, 0.2) is 0 Å². The van der Waals surface area contributed by atoms with Crippen LogP contribution in [0.3, 0.4) is 0 Å². The molecule has 0 spiro atoms. The van der Waals surface area contributed by atoms with Gasteiger partial charge >= 0.3 is 8.93 Å². The first kappa shape index (κ1) is 9.09. The molecule has 1 unspecified atom stereocenters. The Labute approximate surface area is 72.1 Å². The molecule has 0 heterocycles. The van der Waals surface area contributed by atoms with Crippen molar-refractivity contribution in [3.05, 3.63) is 35.9 Å². The first-order valence-electron chi connectivity index (χ1n) is 3.64. The number of benzene rings is 1. The van der Waals surface area contributed by atoms with E-state index < -0.39 is 14.5 Å². The van der Waals surface area contributed by atoms with Crippen molar-refractivity contribution in [3.8, 4) is 0 Å². The normalized spacial score (nSPS) is 12.4. The molecule has 1 aromatic carbocycles. The maximum absolute atomic E-state index is 10.8. The highest BCUT2D eigenvalue weighted by Crippen LogP contribution is 2.13. The highest BCUT2D eigenvalue weighted by atomic mass is 28.3. The lowest BCUT2D eigenvalue weighted by molar-refractivity contribution is 0.277. The Morgan fingerprint density at radius 1 is 1.33 bits per heavy atom. The smallest absolute Gasteiger partial charge is 0.510 e. The fraction of sp³-hybridized carbons (Fsp3) is 0.250. The maximum Gasteiger partial charge on any atom is 0.510 e. The van der Waals surface area contributed by atoms with Crippen LogP contribution in [-0.2, 0) is 4.46 Å². The van der Waals surface area contributed by atoms with E-state index in [9.17, 15) is 4.46 Å². The SMILES string of the molecule is O=[Si](O)C(CO)c1ccccc1. The molecule has 0 radical (unpaired) electrons. The Morgan fingerprint density at radius 2 is 1.92 bits per heavy atom. The van der Waals surface area contributed by atoms with E-state index in [0.29, 0.717) is 5.56 Å².